The number of ether oxygens (including phenoxy) is 2. The minimum atomic E-state index is -0.0371. The van der Waals surface area contributed by atoms with Crippen molar-refractivity contribution in [1.29, 1.82) is 0 Å². The van der Waals surface area contributed by atoms with E-state index in [-0.39, 0.29) is 5.91 Å². The molecule has 1 N–H and O–H groups in total. The largest absolute Gasteiger partial charge is 0.497 e. The molecule has 0 saturated heterocycles. The number of pyridine rings is 1. The number of benzene rings is 2. The van der Waals surface area contributed by atoms with Crippen LogP contribution in [0.5, 0.6) is 11.5 Å². The van der Waals surface area contributed by atoms with Gasteiger partial charge in [-0.3, -0.25) is 9.78 Å². The van der Waals surface area contributed by atoms with Gasteiger partial charge in [-0.1, -0.05) is 18.2 Å². The number of carbonyl (C=O) groups is 1. The maximum Gasteiger partial charge on any atom is 0.220 e. The zero-order valence-electron chi connectivity index (χ0n) is 18.7. The fourth-order valence-electron chi connectivity index (χ4n) is 3.56. The number of hydrogen-bond donors (Lipinski definition) is 1. The molecule has 2 heterocycles. The highest BCUT2D eigenvalue weighted by atomic mass is 16.5. The van der Waals surface area contributed by atoms with Gasteiger partial charge >= 0.3 is 0 Å². The van der Waals surface area contributed by atoms with Gasteiger partial charge in [-0.05, 0) is 48.4 Å². The van der Waals surface area contributed by atoms with Crippen LogP contribution in [0, 0.1) is 0 Å². The summed E-state index contributed by atoms with van der Waals surface area (Å²) in [5.41, 5.74) is 4.64. The van der Waals surface area contributed by atoms with Crippen molar-refractivity contribution in [3.05, 3.63) is 90.4 Å². The second-order valence-electron chi connectivity index (χ2n) is 7.52. The second kappa shape index (κ2) is 10.5. The fraction of sp³-hybridized carbons (Fsp3) is 0.192. The lowest BCUT2D eigenvalue weighted by Gasteiger charge is -2.09. The van der Waals surface area contributed by atoms with E-state index in [4.69, 9.17) is 14.6 Å². The van der Waals surface area contributed by atoms with Crippen LogP contribution >= 0.6 is 0 Å². The Kier molecular flexibility index (Phi) is 6.99. The van der Waals surface area contributed by atoms with Crippen LogP contribution in [0.3, 0.4) is 0 Å². The highest BCUT2D eigenvalue weighted by Gasteiger charge is 2.14. The zero-order valence-corrected chi connectivity index (χ0v) is 18.7. The Morgan fingerprint density at radius 2 is 1.67 bits per heavy atom. The monoisotopic (exact) mass is 442 g/mol. The van der Waals surface area contributed by atoms with E-state index in [9.17, 15) is 4.79 Å². The van der Waals surface area contributed by atoms with Crippen LogP contribution in [0.15, 0.2) is 79.3 Å². The molecule has 0 saturated carbocycles. The summed E-state index contributed by atoms with van der Waals surface area (Å²) in [5.74, 6) is 1.38. The maximum atomic E-state index is 12.6. The Morgan fingerprint density at radius 1 is 0.970 bits per heavy atom. The molecular formula is C26H26N4O3. The number of aromatic nitrogens is 3. The first-order valence-electron chi connectivity index (χ1n) is 10.7. The van der Waals surface area contributed by atoms with Crippen molar-refractivity contribution in [3.8, 4) is 28.4 Å². The fourth-order valence-corrected chi connectivity index (χ4v) is 3.56. The first-order chi connectivity index (χ1) is 16.2. The number of hydrogen-bond acceptors (Lipinski definition) is 5. The SMILES string of the molecule is COc1cc(CCC(=O)NCc2cn(-c3ccccc3)nc2-c2ccncc2)cc(OC)c1. The topological polar surface area (TPSA) is 78.3 Å². The lowest BCUT2D eigenvalue weighted by atomic mass is 10.1. The van der Waals surface area contributed by atoms with Gasteiger partial charge in [-0.2, -0.15) is 5.10 Å². The van der Waals surface area contributed by atoms with E-state index in [1.54, 1.807) is 26.6 Å². The van der Waals surface area contributed by atoms with Crippen LogP contribution in [0.4, 0.5) is 0 Å². The number of methoxy groups -OCH3 is 2. The summed E-state index contributed by atoms with van der Waals surface area (Å²) in [6, 6.07) is 19.4. The summed E-state index contributed by atoms with van der Waals surface area (Å²) in [6.45, 7) is 0.380. The second-order valence-corrected chi connectivity index (χ2v) is 7.52. The average molecular weight is 443 g/mol. The quantitative estimate of drug-likeness (QED) is 0.420. The summed E-state index contributed by atoms with van der Waals surface area (Å²) < 4.78 is 12.5. The molecule has 0 bridgehead atoms. The summed E-state index contributed by atoms with van der Waals surface area (Å²) in [6.07, 6.45) is 6.37. The highest BCUT2D eigenvalue weighted by molar-refractivity contribution is 5.76. The number of nitrogens with zero attached hydrogens (tertiary/aromatic N) is 3. The van der Waals surface area contributed by atoms with Crippen LogP contribution < -0.4 is 14.8 Å². The number of carbonyl (C=O) groups excluding carboxylic acids is 1. The third-order valence-electron chi connectivity index (χ3n) is 5.29. The van der Waals surface area contributed by atoms with Gasteiger partial charge in [0.05, 0.1) is 25.6 Å². The van der Waals surface area contributed by atoms with E-state index in [2.05, 4.69) is 10.3 Å². The van der Waals surface area contributed by atoms with E-state index < -0.39 is 0 Å². The number of nitrogens with one attached hydrogen (secondary N) is 1. The molecule has 0 fully saturated rings. The lowest BCUT2D eigenvalue weighted by molar-refractivity contribution is -0.121. The van der Waals surface area contributed by atoms with Crippen LogP contribution in [-0.4, -0.2) is 34.9 Å². The van der Waals surface area contributed by atoms with Crippen LogP contribution in [0.25, 0.3) is 16.9 Å². The van der Waals surface area contributed by atoms with Crippen molar-refractivity contribution in [1.82, 2.24) is 20.1 Å². The third-order valence-corrected chi connectivity index (χ3v) is 5.29. The molecule has 1 amide bonds. The molecule has 0 atom stereocenters. The minimum Gasteiger partial charge on any atom is -0.497 e. The van der Waals surface area contributed by atoms with E-state index in [1.165, 1.54) is 0 Å². The molecule has 0 radical (unpaired) electrons. The van der Waals surface area contributed by atoms with Crippen molar-refractivity contribution in [2.75, 3.05) is 14.2 Å². The van der Waals surface area contributed by atoms with Crippen LogP contribution in [0.1, 0.15) is 17.5 Å². The highest BCUT2D eigenvalue weighted by Crippen LogP contribution is 2.24. The first kappa shape index (κ1) is 22.1. The third kappa shape index (κ3) is 5.57. The molecule has 0 unspecified atom stereocenters. The molecule has 0 aliphatic rings. The van der Waals surface area contributed by atoms with Crippen molar-refractivity contribution in [2.45, 2.75) is 19.4 Å². The van der Waals surface area contributed by atoms with Crippen molar-refractivity contribution >= 4 is 5.91 Å². The summed E-state index contributed by atoms with van der Waals surface area (Å²) >= 11 is 0. The predicted octanol–water partition coefficient (Wildman–Crippen LogP) is 4.20. The Hall–Kier alpha value is -4.13. The average Bonchev–Trinajstić information content (AvgIpc) is 3.31. The van der Waals surface area contributed by atoms with Crippen LogP contribution in [0.2, 0.25) is 0 Å². The maximum absolute atomic E-state index is 12.6. The molecule has 4 aromatic rings. The molecule has 0 aliphatic carbocycles. The van der Waals surface area contributed by atoms with Crippen molar-refractivity contribution < 1.29 is 14.3 Å². The van der Waals surface area contributed by atoms with Gasteiger partial charge in [0, 0.05) is 48.7 Å². The van der Waals surface area contributed by atoms with Gasteiger partial charge < -0.3 is 14.8 Å². The van der Waals surface area contributed by atoms with E-state index in [1.807, 2.05) is 71.5 Å². The van der Waals surface area contributed by atoms with Crippen LogP contribution in [-0.2, 0) is 17.8 Å². The smallest absolute Gasteiger partial charge is 0.220 e. The van der Waals surface area contributed by atoms with E-state index in [0.717, 1.165) is 28.1 Å². The van der Waals surface area contributed by atoms with Gasteiger partial charge in [0.2, 0.25) is 5.91 Å². The van der Waals surface area contributed by atoms with Crippen molar-refractivity contribution in [3.63, 3.8) is 0 Å². The molecule has 2 aromatic carbocycles. The standard InChI is InChI=1S/C26H26N4O3/c1-32-23-14-19(15-24(16-23)33-2)8-9-25(31)28-17-21-18-30(22-6-4-3-5-7-22)29-26(21)20-10-12-27-13-11-20/h3-7,10-16,18H,8-9,17H2,1-2H3,(H,28,31). The number of amides is 1. The first-order valence-corrected chi connectivity index (χ1v) is 10.7. The van der Waals surface area contributed by atoms with E-state index in [0.29, 0.717) is 30.9 Å². The number of para-hydroxylation sites is 1. The lowest BCUT2D eigenvalue weighted by Crippen LogP contribution is -2.23. The molecular weight excluding hydrogens is 416 g/mol. The zero-order chi connectivity index (χ0) is 23.0. The Bertz CT molecular complexity index is 1180. The Labute approximate surface area is 193 Å². The van der Waals surface area contributed by atoms with Gasteiger partial charge in [0.15, 0.2) is 0 Å². The van der Waals surface area contributed by atoms with Gasteiger partial charge in [-0.25, -0.2) is 4.68 Å². The molecule has 0 spiro atoms. The minimum absolute atomic E-state index is 0.0371. The predicted molar refractivity (Wildman–Crippen MR) is 127 cm³/mol. The van der Waals surface area contributed by atoms with E-state index >= 15 is 0 Å². The molecule has 7 nitrogen and oxygen atoms in total. The number of rotatable bonds is 9. The van der Waals surface area contributed by atoms with Gasteiger partial charge in [0.25, 0.3) is 0 Å². The normalized spacial score (nSPS) is 10.6. The summed E-state index contributed by atoms with van der Waals surface area (Å²) in [5, 5.41) is 7.80. The summed E-state index contributed by atoms with van der Waals surface area (Å²) in [7, 11) is 3.22. The Balaban J connectivity index is 1.46. The molecule has 33 heavy (non-hydrogen) atoms. The molecule has 7 heteroatoms. The molecule has 168 valence electrons. The molecule has 2 aromatic heterocycles. The van der Waals surface area contributed by atoms with Crippen molar-refractivity contribution in [2.24, 2.45) is 0 Å². The van der Waals surface area contributed by atoms with Gasteiger partial charge in [-0.15, -0.1) is 0 Å². The van der Waals surface area contributed by atoms with Gasteiger partial charge in [0.1, 0.15) is 11.5 Å². The number of aryl methyl sites for hydroxylation is 1. The Morgan fingerprint density at radius 3 is 2.33 bits per heavy atom. The molecule has 0 aliphatic heterocycles. The molecule has 4 rings (SSSR count). The summed E-state index contributed by atoms with van der Waals surface area (Å²) in [4.78, 5) is 16.7.